The van der Waals surface area contributed by atoms with Gasteiger partial charge in [-0.15, -0.1) is 23.1 Å². The third-order valence-electron chi connectivity index (χ3n) is 4.22. The van der Waals surface area contributed by atoms with Crippen molar-refractivity contribution in [1.29, 1.82) is 0 Å². The van der Waals surface area contributed by atoms with Gasteiger partial charge in [-0.2, -0.15) is 0 Å². The van der Waals surface area contributed by atoms with Crippen LogP contribution < -0.4 is 9.84 Å². The van der Waals surface area contributed by atoms with Crippen molar-refractivity contribution in [3.63, 3.8) is 0 Å². The number of fused-ring (bicyclic) bond motifs is 2. The van der Waals surface area contributed by atoms with Crippen molar-refractivity contribution in [3.05, 3.63) is 71.2 Å². The summed E-state index contributed by atoms with van der Waals surface area (Å²) in [5.41, 5.74) is 1.89. The lowest BCUT2D eigenvalue weighted by Crippen LogP contribution is -2.24. The fourth-order valence-electron chi connectivity index (χ4n) is 2.89. The van der Waals surface area contributed by atoms with Gasteiger partial charge in [0, 0.05) is 10.7 Å². The third kappa shape index (κ3) is 4.03. The van der Waals surface area contributed by atoms with E-state index in [2.05, 4.69) is 11.1 Å². The van der Waals surface area contributed by atoms with E-state index in [0.29, 0.717) is 0 Å². The van der Waals surface area contributed by atoms with E-state index < -0.39 is 5.97 Å². The first-order chi connectivity index (χ1) is 13.6. The number of carboxylic acids is 1. The average molecular weight is 407 g/mol. The van der Waals surface area contributed by atoms with Crippen molar-refractivity contribution >= 4 is 61.0 Å². The quantitative estimate of drug-likeness (QED) is 0.474. The van der Waals surface area contributed by atoms with Crippen LogP contribution in [-0.2, 0) is 4.79 Å². The number of hydrogen-bond donors (Lipinski definition) is 0. The third-order valence-corrected chi connectivity index (χ3v) is 6.42. The molecule has 0 N–H and O–H groups in total. The van der Waals surface area contributed by atoms with Gasteiger partial charge >= 0.3 is 0 Å². The fraction of sp³-hybridized carbons (Fsp3) is 0.0909. The molecule has 0 aliphatic heterocycles. The standard InChI is InChI=1S/C22H17NO3S2/c1-26-17-9-8-15-10-14(6-7-16(15)12-17)11-20(27-13-21(24)25)22-23-18-4-2-3-5-19(18)28-22/h2-12H,13H2,1H3,(H,24,25)/p-1/b20-11-. The highest BCUT2D eigenvalue weighted by Gasteiger charge is 2.10. The molecule has 140 valence electrons. The van der Waals surface area contributed by atoms with Gasteiger partial charge in [0.2, 0.25) is 0 Å². The predicted molar refractivity (Wildman–Crippen MR) is 115 cm³/mol. The van der Waals surface area contributed by atoms with Crippen LogP contribution in [0.25, 0.3) is 32.0 Å². The van der Waals surface area contributed by atoms with Crippen LogP contribution in [0.2, 0.25) is 0 Å². The molecule has 0 saturated carbocycles. The van der Waals surface area contributed by atoms with Crippen LogP contribution in [0.4, 0.5) is 0 Å². The minimum atomic E-state index is -1.09. The maximum absolute atomic E-state index is 11.0. The van der Waals surface area contributed by atoms with E-state index in [9.17, 15) is 9.90 Å². The summed E-state index contributed by atoms with van der Waals surface area (Å²) < 4.78 is 6.35. The maximum atomic E-state index is 11.0. The van der Waals surface area contributed by atoms with Gasteiger partial charge in [0.25, 0.3) is 0 Å². The Morgan fingerprint density at radius 1 is 1.14 bits per heavy atom. The summed E-state index contributed by atoms with van der Waals surface area (Å²) in [6.07, 6.45) is 1.98. The molecular formula is C22H16NO3S2-. The topological polar surface area (TPSA) is 62.2 Å². The Balaban J connectivity index is 1.75. The lowest BCUT2D eigenvalue weighted by atomic mass is 10.1. The van der Waals surface area contributed by atoms with Crippen molar-refractivity contribution in [2.24, 2.45) is 0 Å². The average Bonchev–Trinajstić information content (AvgIpc) is 3.14. The van der Waals surface area contributed by atoms with E-state index in [-0.39, 0.29) is 5.75 Å². The van der Waals surface area contributed by atoms with Gasteiger partial charge in [0.05, 0.1) is 23.3 Å². The molecular weight excluding hydrogens is 390 g/mol. The highest BCUT2D eigenvalue weighted by Crippen LogP contribution is 2.35. The van der Waals surface area contributed by atoms with Crippen LogP contribution in [0, 0.1) is 0 Å². The van der Waals surface area contributed by atoms with Crippen molar-refractivity contribution < 1.29 is 14.6 Å². The number of rotatable bonds is 6. The molecule has 28 heavy (non-hydrogen) atoms. The number of nitrogens with zero attached hydrogens (tertiary/aromatic N) is 1. The number of para-hydroxylation sites is 1. The number of aromatic nitrogens is 1. The lowest BCUT2D eigenvalue weighted by molar-refractivity contribution is -0.301. The van der Waals surface area contributed by atoms with E-state index in [0.717, 1.165) is 42.2 Å². The van der Waals surface area contributed by atoms with E-state index >= 15 is 0 Å². The first-order valence-electron chi connectivity index (χ1n) is 8.60. The van der Waals surface area contributed by atoms with Crippen molar-refractivity contribution in [2.75, 3.05) is 12.9 Å². The Hall–Kier alpha value is -2.83. The number of hydrogen-bond acceptors (Lipinski definition) is 6. The highest BCUT2D eigenvalue weighted by molar-refractivity contribution is 8.09. The normalized spacial score (nSPS) is 11.8. The smallest absolute Gasteiger partial charge is 0.131 e. The molecule has 0 spiro atoms. The molecule has 0 aliphatic carbocycles. The summed E-state index contributed by atoms with van der Waals surface area (Å²) in [6, 6.07) is 19.9. The zero-order chi connectivity index (χ0) is 19.5. The van der Waals surface area contributed by atoms with Crippen LogP contribution in [0.3, 0.4) is 0 Å². The van der Waals surface area contributed by atoms with Gasteiger partial charge in [-0.25, -0.2) is 4.98 Å². The Morgan fingerprint density at radius 2 is 1.93 bits per heavy atom. The molecule has 0 unspecified atom stereocenters. The summed E-state index contributed by atoms with van der Waals surface area (Å²) in [4.78, 5) is 16.5. The fourth-order valence-corrected chi connectivity index (χ4v) is 4.73. The van der Waals surface area contributed by atoms with Crippen molar-refractivity contribution in [3.8, 4) is 5.75 Å². The van der Waals surface area contributed by atoms with Crippen LogP contribution in [0.5, 0.6) is 5.75 Å². The summed E-state index contributed by atoms with van der Waals surface area (Å²) in [7, 11) is 1.65. The Morgan fingerprint density at radius 3 is 2.71 bits per heavy atom. The van der Waals surface area contributed by atoms with E-state index in [1.807, 2.05) is 60.7 Å². The SMILES string of the molecule is COc1ccc2cc(/C=C(\SCC(=O)[O-])c3nc4ccccc4s3)ccc2c1. The largest absolute Gasteiger partial charge is 0.549 e. The number of carbonyl (C=O) groups is 1. The molecule has 0 bridgehead atoms. The van der Waals surface area contributed by atoms with Gasteiger partial charge in [0.15, 0.2) is 0 Å². The van der Waals surface area contributed by atoms with Crippen molar-refractivity contribution in [2.45, 2.75) is 0 Å². The summed E-state index contributed by atoms with van der Waals surface area (Å²) in [5, 5.41) is 14.0. The monoisotopic (exact) mass is 406 g/mol. The minimum absolute atomic E-state index is 0.119. The lowest BCUT2D eigenvalue weighted by Gasteiger charge is -2.07. The van der Waals surface area contributed by atoms with Crippen LogP contribution in [0.15, 0.2) is 60.7 Å². The number of methoxy groups -OCH3 is 1. The highest BCUT2D eigenvalue weighted by atomic mass is 32.2. The maximum Gasteiger partial charge on any atom is 0.131 e. The summed E-state index contributed by atoms with van der Waals surface area (Å²) in [5.74, 6) is -0.398. The number of aliphatic carboxylic acids is 1. The van der Waals surface area contributed by atoms with Gasteiger partial charge in [-0.3, -0.25) is 0 Å². The Kier molecular flexibility index (Phi) is 5.32. The molecule has 1 aromatic heterocycles. The second-order valence-electron chi connectivity index (χ2n) is 6.13. The molecule has 0 aliphatic rings. The Labute approximate surface area is 170 Å². The minimum Gasteiger partial charge on any atom is -0.549 e. The Bertz CT molecular complexity index is 1160. The molecule has 3 aromatic carbocycles. The first kappa shape index (κ1) is 18.5. The number of carbonyl (C=O) groups excluding carboxylic acids is 1. The van der Waals surface area contributed by atoms with Crippen LogP contribution in [0.1, 0.15) is 10.6 Å². The summed E-state index contributed by atoms with van der Waals surface area (Å²) >= 11 is 2.79. The van der Waals surface area contributed by atoms with E-state index in [1.165, 1.54) is 11.8 Å². The van der Waals surface area contributed by atoms with Crippen LogP contribution >= 0.6 is 23.1 Å². The number of thiazole rings is 1. The molecule has 0 fully saturated rings. The number of ether oxygens (including phenoxy) is 1. The van der Waals surface area contributed by atoms with Gasteiger partial charge in [-0.05, 0) is 52.7 Å². The van der Waals surface area contributed by atoms with Gasteiger partial charge < -0.3 is 14.6 Å². The molecule has 0 amide bonds. The molecule has 4 rings (SSSR count). The second-order valence-corrected chi connectivity index (χ2v) is 8.18. The molecule has 4 nitrogen and oxygen atoms in total. The van der Waals surface area contributed by atoms with Crippen molar-refractivity contribution in [1.82, 2.24) is 4.98 Å². The predicted octanol–water partition coefficient (Wildman–Crippen LogP) is 4.44. The molecule has 0 atom stereocenters. The van der Waals surface area contributed by atoms with Gasteiger partial charge in [0.1, 0.15) is 10.8 Å². The van der Waals surface area contributed by atoms with Gasteiger partial charge in [-0.1, -0.05) is 30.3 Å². The van der Waals surface area contributed by atoms with E-state index in [1.54, 1.807) is 18.4 Å². The zero-order valence-corrected chi connectivity index (χ0v) is 16.7. The van der Waals surface area contributed by atoms with Crippen LogP contribution in [-0.4, -0.2) is 23.8 Å². The molecule has 6 heteroatoms. The number of benzene rings is 3. The number of carboxylic acid groups (broad SMARTS) is 1. The van der Waals surface area contributed by atoms with E-state index in [4.69, 9.17) is 4.74 Å². The first-order valence-corrected chi connectivity index (χ1v) is 10.4. The molecule has 1 heterocycles. The summed E-state index contributed by atoms with van der Waals surface area (Å²) in [6.45, 7) is 0. The zero-order valence-electron chi connectivity index (χ0n) is 15.0. The molecule has 0 radical (unpaired) electrons. The molecule has 4 aromatic rings. The number of thioether (sulfide) groups is 1. The second kappa shape index (κ2) is 8.04. The molecule has 0 saturated heterocycles.